The van der Waals surface area contributed by atoms with Gasteiger partial charge in [-0.05, 0) is 61.0 Å². The molecule has 6 unspecified atom stereocenters. The first-order valence-corrected chi connectivity index (χ1v) is 19.1. The molecule has 0 bridgehead atoms. The maximum Gasteiger partial charge on any atom is 0.0265 e. The van der Waals surface area contributed by atoms with E-state index in [4.69, 9.17) is 0 Å². The third-order valence-corrected chi connectivity index (χ3v) is 19.3. The highest BCUT2D eigenvalue weighted by Gasteiger charge is 2.68. The van der Waals surface area contributed by atoms with Gasteiger partial charge in [-0.1, -0.05) is 149 Å². The molecule has 4 rings (SSSR count). The quantitative estimate of drug-likeness (QED) is 0.153. The Morgan fingerprint density at radius 2 is 1.46 bits per heavy atom. The molecular formula is C33H52P2. The molecule has 2 fully saturated rings. The summed E-state index contributed by atoms with van der Waals surface area (Å²) in [7, 11) is 0.358. The minimum Gasteiger partial charge on any atom is -0.0801 e. The predicted molar refractivity (Wildman–Crippen MR) is 162 cm³/mol. The first kappa shape index (κ1) is 27.6. The number of hydrogen-bond donors (Lipinski definition) is 0. The minimum atomic E-state index is 0.164. The van der Waals surface area contributed by atoms with E-state index < -0.39 is 0 Å². The molecule has 0 amide bonds. The fraction of sp³-hybridized carbons (Fsp3) is 0.697. The van der Waals surface area contributed by atoms with Gasteiger partial charge in [-0.2, -0.15) is 0 Å². The smallest absolute Gasteiger partial charge is 0.0265 e. The van der Waals surface area contributed by atoms with Gasteiger partial charge in [0.15, 0.2) is 0 Å². The second-order valence-electron chi connectivity index (χ2n) is 11.4. The van der Waals surface area contributed by atoms with Crippen LogP contribution < -0.4 is 0 Å². The number of hydrogen-bond acceptors (Lipinski definition) is 0. The lowest BCUT2D eigenvalue weighted by Crippen LogP contribution is -2.48. The van der Waals surface area contributed by atoms with Crippen molar-refractivity contribution in [1.29, 1.82) is 0 Å². The van der Waals surface area contributed by atoms with E-state index >= 15 is 0 Å². The lowest BCUT2D eigenvalue weighted by Gasteiger charge is -2.62. The normalized spacial score (nSPS) is 30.8. The second kappa shape index (κ2) is 13.9. The van der Waals surface area contributed by atoms with Gasteiger partial charge in [0.25, 0.3) is 0 Å². The van der Waals surface area contributed by atoms with Crippen LogP contribution in [0.1, 0.15) is 121 Å². The Morgan fingerprint density at radius 3 is 2.23 bits per heavy atom. The number of unbranched alkanes of at least 4 members (excludes halogenated alkanes) is 9. The summed E-state index contributed by atoms with van der Waals surface area (Å²) in [6.07, 6.45) is 33.2. The Labute approximate surface area is 220 Å². The third kappa shape index (κ3) is 6.01. The lowest BCUT2D eigenvalue weighted by molar-refractivity contribution is 0.577. The fourth-order valence-electron chi connectivity index (χ4n) is 7.38. The standard InChI is InChI=1S/C33H52P2/c1-4-7-9-11-12-13-19-26-35-33-24-17-16-22-29(33)27-31(30-23-15-14-21-28(30)20-6-3)32(33)34(35)25-18-10-8-5-2/h14-17,21-24,29,31-32H,4-13,18-20,25-27H2,1-3H3. The highest BCUT2D eigenvalue weighted by Crippen LogP contribution is 2.96. The van der Waals surface area contributed by atoms with Crippen LogP contribution in [0.2, 0.25) is 0 Å². The summed E-state index contributed by atoms with van der Waals surface area (Å²) in [5.41, 5.74) is 4.35. The van der Waals surface area contributed by atoms with Crippen molar-refractivity contribution in [2.75, 3.05) is 12.3 Å². The van der Waals surface area contributed by atoms with Gasteiger partial charge in [0.1, 0.15) is 0 Å². The zero-order valence-electron chi connectivity index (χ0n) is 23.1. The predicted octanol–water partition coefficient (Wildman–Crippen LogP) is 11.2. The van der Waals surface area contributed by atoms with Crippen molar-refractivity contribution >= 4 is 15.2 Å². The van der Waals surface area contributed by atoms with Gasteiger partial charge in [0.2, 0.25) is 0 Å². The van der Waals surface area contributed by atoms with Gasteiger partial charge in [-0.15, -0.1) is 0 Å². The summed E-state index contributed by atoms with van der Waals surface area (Å²) in [6.45, 7) is 7.04. The summed E-state index contributed by atoms with van der Waals surface area (Å²) in [5.74, 6) is 1.61. The number of allylic oxidation sites excluding steroid dienone is 4. The first-order valence-electron chi connectivity index (χ1n) is 15.3. The highest BCUT2D eigenvalue weighted by atomic mass is 32.1. The molecule has 1 saturated carbocycles. The molecule has 1 aliphatic heterocycles. The van der Waals surface area contributed by atoms with Crippen molar-refractivity contribution in [1.82, 2.24) is 0 Å². The largest absolute Gasteiger partial charge is 0.0801 e. The summed E-state index contributed by atoms with van der Waals surface area (Å²) >= 11 is 0. The van der Waals surface area contributed by atoms with Crippen LogP contribution in [0, 0.1) is 5.92 Å². The molecule has 0 aromatic heterocycles. The maximum atomic E-state index is 2.77. The van der Waals surface area contributed by atoms with Crippen molar-refractivity contribution < 1.29 is 0 Å². The monoisotopic (exact) mass is 510 g/mol. The zero-order chi connectivity index (χ0) is 24.5. The van der Waals surface area contributed by atoms with E-state index in [2.05, 4.69) is 69.3 Å². The van der Waals surface area contributed by atoms with Crippen molar-refractivity contribution in [3.05, 3.63) is 59.7 Å². The van der Waals surface area contributed by atoms with E-state index in [-0.39, 0.29) is 15.2 Å². The Bertz CT molecular complexity index is 826. The van der Waals surface area contributed by atoms with Crippen LogP contribution in [0.5, 0.6) is 0 Å². The van der Waals surface area contributed by atoms with Gasteiger partial charge in [0, 0.05) is 10.8 Å². The van der Waals surface area contributed by atoms with Crippen molar-refractivity contribution in [3.8, 4) is 0 Å². The second-order valence-corrected chi connectivity index (χ2v) is 18.3. The summed E-state index contributed by atoms with van der Waals surface area (Å²) in [6, 6.07) is 9.59. The molecule has 0 radical (unpaired) electrons. The number of aryl methyl sites for hydroxylation is 1. The topological polar surface area (TPSA) is 0 Å². The molecule has 0 N–H and O–H groups in total. The molecule has 1 aromatic carbocycles. The van der Waals surface area contributed by atoms with Crippen molar-refractivity contribution in [2.24, 2.45) is 5.92 Å². The SMILES string of the molecule is CCCCCCCCCP1P(CCCCCC)C2C(c3ccccc3CCC)CC3C=CC=CC321. The van der Waals surface area contributed by atoms with E-state index in [0.717, 1.165) is 17.5 Å². The summed E-state index contributed by atoms with van der Waals surface area (Å²) < 4.78 is 0. The van der Waals surface area contributed by atoms with Crippen molar-refractivity contribution in [2.45, 2.75) is 127 Å². The minimum absolute atomic E-state index is 0.164. The Hall–Kier alpha value is -0.440. The average Bonchev–Trinajstić information content (AvgIpc) is 3.17. The van der Waals surface area contributed by atoms with Gasteiger partial charge < -0.3 is 0 Å². The van der Waals surface area contributed by atoms with E-state index in [0.29, 0.717) is 5.16 Å². The van der Waals surface area contributed by atoms with Crippen LogP contribution in [0.25, 0.3) is 0 Å². The zero-order valence-corrected chi connectivity index (χ0v) is 24.8. The molecule has 0 nitrogen and oxygen atoms in total. The first-order chi connectivity index (χ1) is 17.3. The van der Waals surface area contributed by atoms with E-state index in [1.165, 1.54) is 89.9 Å². The molecule has 1 heterocycles. The van der Waals surface area contributed by atoms with Crippen LogP contribution in [0.4, 0.5) is 0 Å². The molecule has 3 aliphatic rings. The number of rotatable bonds is 16. The summed E-state index contributed by atoms with van der Waals surface area (Å²) in [5, 5.41) is 0.548. The molecule has 2 aliphatic carbocycles. The highest BCUT2D eigenvalue weighted by molar-refractivity contribution is 8.34. The van der Waals surface area contributed by atoms with Crippen LogP contribution in [-0.2, 0) is 6.42 Å². The molecule has 1 spiro atoms. The van der Waals surface area contributed by atoms with Crippen LogP contribution in [-0.4, -0.2) is 23.1 Å². The van der Waals surface area contributed by atoms with Crippen molar-refractivity contribution in [3.63, 3.8) is 0 Å². The van der Waals surface area contributed by atoms with Crippen LogP contribution in [0.3, 0.4) is 0 Å². The van der Waals surface area contributed by atoms with E-state index in [9.17, 15) is 0 Å². The van der Waals surface area contributed by atoms with Gasteiger partial charge in [-0.25, -0.2) is 0 Å². The Morgan fingerprint density at radius 1 is 0.771 bits per heavy atom. The molecule has 1 aromatic rings. The fourth-order valence-corrected chi connectivity index (χ4v) is 19.8. The van der Waals surface area contributed by atoms with Gasteiger partial charge >= 0.3 is 0 Å². The van der Waals surface area contributed by atoms with Gasteiger partial charge in [0.05, 0.1) is 0 Å². The molecular weight excluding hydrogens is 458 g/mol. The Kier molecular flexibility index (Phi) is 11.0. The van der Waals surface area contributed by atoms with E-state index in [1.54, 1.807) is 23.5 Å². The molecule has 194 valence electrons. The lowest BCUT2D eigenvalue weighted by atomic mass is 9.89. The number of benzene rings is 1. The third-order valence-electron chi connectivity index (χ3n) is 9.04. The molecule has 2 heteroatoms. The van der Waals surface area contributed by atoms with Crippen LogP contribution in [0.15, 0.2) is 48.6 Å². The summed E-state index contributed by atoms with van der Waals surface area (Å²) in [4.78, 5) is 0. The molecule has 1 saturated heterocycles. The molecule has 6 atom stereocenters. The van der Waals surface area contributed by atoms with Crippen LogP contribution >= 0.6 is 15.2 Å². The average molecular weight is 511 g/mol. The Balaban J connectivity index is 1.52. The van der Waals surface area contributed by atoms with E-state index in [1.807, 2.05) is 0 Å². The maximum absolute atomic E-state index is 2.77. The molecule has 35 heavy (non-hydrogen) atoms. The van der Waals surface area contributed by atoms with Gasteiger partial charge in [-0.3, -0.25) is 0 Å².